The minimum atomic E-state index is -0.199. The largest absolute Gasteiger partial charge is 0.619 e. The highest BCUT2D eigenvalue weighted by Gasteiger charge is 2.15. The van der Waals surface area contributed by atoms with E-state index in [2.05, 4.69) is 0 Å². The van der Waals surface area contributed by atoms with E-state index in [1.165, 1.54) is 12.4 Å². The predicted octanol–water partition coefficient (Wildman–Crippen LogP) is 3.49. The number of nitrogens with zero attached hydrogens (tertiary/aromatic N) is 1. The van der Waals surface area contributed by atoms with Crippen LogP contribution in [0.2, 0.25) is 0 Å². The monoisotopic (exact) mass is 277 g/mol. The van der Waals surface area contributed by atoms with E-state index >= 15 is 0 Å². The summed E-state index contributed by atoms with van der Waals surface area (Å²) in [5.41, 5.74) is 2.14. The lowest BCUT2D eigenvalue weighted by molar-refractivity contribution is -0.605. The Hall–Kier alpha value is -2.81. The Bertz CT molecular complexity index is 642. The van der Waals surface area contributed by atoms with E-state index in [0.29, 0.717) is 5.75 Å². The zero-order valence-electron chi connectivity index (χ0n) is 11.4. The minimum Gasteiger partial charge on any atom is -0.619 e. The van der Waals surface area contributed by atoms with Gasteiger partial charge in [-0.1, -0.05) is 60.7 Å². The van der Waals surface area contributed by atoms with Gasteiger partial charge in [-0.2, -0.15) is 4.73 Å². The van der Waals surface area contributed by atoms with Gasteiger partial charge in [0.1, 0.15) is 11.9 Å². The Morgan fingerprint density at radius 2 is 1.19 bits per heavy atom. The highest BCUT2D eigenvalue weighted by Crippen LogP contribution is 2.27. The Labute approximate surface area is 123 Å². The molecule has 0 saturated heterocycles. The standard InChI is InChI=1S/C18H15NO2/c20-19-13-11-17(12-14-19)21-18(15-7-3-1-4-8-15)16-9-5-2-6-10-16/h1-14,18H. The minimum absolute atomic E-state index is 0.199. The third kappa shape index (κ3) is 3.20. The van der Waals surface area contributed by atoms with E-state index in [1.807, 2.05) is 60.7 Å². The number of pyridine rings is 1. The molecule has 104 valence electrons. The summed E-state index contributed by atoms with van der Waals surface area (Å²) in [6.07, 6.45) is 2.67. The van der Waals surface area contributed by atoms with Gasteiger partial charge in [0.25, 0.3) is 0 Å². The number of ether oxygens (including phenoxy) is 1. The van der Waals surface area contributed by atoms with Crippen molar-refractivity contribution >= 4 is 0 Å². The topological polar surface area (TPSA) is 36.2 Å². The number of hydrogen-bond acceptors (Lipinski definition) is 2. The smallest absolute Gasteiger partial charge is 0.184 e. The first-order chi connectivity index (χ1) is 10.3. The van der Waals surface area contributed by atoms with Gasteiger partial charge < -0.3 is 9.94 Å². The van der Waals surface area contributed by atoms with E-state index in [9.17, 15) is 5.21 Å². The maximum Gasteiger partial charge on any atom is 0.184 e. The van der Waals surface area contributed by atoms with Crippen LogP contribution in [0.15, 0.2) is 85.2 Å². The first-order valence-electron chi connectivity index (χ1n) is 6.78. The van der Waals surface area contributed by atoms with Crippen LogP contribution < -0.4 is 9.47 Å². The zero-order valence-corrected chi connectivity index (χ0v) is 11.4. The fraction of sp³-hybridized carbons (Fsp3) is 0.0556. The summed E-state index contributed by atoms with van der Waals surface area (Å²) in [7, 11) is 0. The summed E-state index contributed by atoms with van der Waals surface area (Å²) in [5.74, 6) is 0.666. The molecule has 3 heteroatoms. The van der Waals surface area contributed by atoms with Gasteiger partial charge in [-0.15, -0.1) is 0 Å². The second-order valence-corrected chi connectivity index (χ2v) is 4.71. The van der Waals surface area contributed by atoms with Crippen LogP contribution in [0.3, 0.4) is 0 Å². The molecule has 3 aromatic rings. The fourth-order valence-corrected chi connectivity index (χ4v) is 2.20. The lowest BCUT2D eigenvalue weighted by Gasteiger charge is -2.19. The SMILES string of the molecule is [O-][n+]1ccc(OC(c2ccccc2)c2ccccc2)cc1. The van der Waals surface area contributed by atoms with Gasteiger partial charge in [-0.25, -0.2) is 0 Å². The molecule has 0 amide bonds. The molecule has 0 radical (unpaired) electrons. The van der Waals surface area contributed by atoms with Crippen molar-refractivity contribution in [1.82, 2.24) is 0 Å². The molecule has 2 aromatic carbocycles. The zero-order chi connectivity index (χ0) is 14.5. The molecule has 0 bridgehead atoms. The summed E-state index contributed by atoms with van der Waals surface area (Å²) in [6, 6.07) is 23.4. The van der Waals surface area contributed by atoms with Crippen LogP contribution in [-0.2, 0) is 0 Å². The average Bonchev–Trinajstić information content (AvgIpc) is 2.56. The van der Waals surface area contributed by atoms with Crippen molar-refractivity contribution in [2.45, 2.75) is 6.10 Å². The third-order valence-corrected chi connectivity index (χ3v) is 3.23. The Morgan fingerprint density at radius 1 is 0.714 bits per heavy atom. The van der Waals surface area contributed by atoms with Crippen LogP contribution in [0, 0.1) is 5.21 Å². The second-order valence-electron chi connectivity index (χ2n) is 4.71. The van der Waals surface area contributed by atoms with Crippen molar-refractivity contribution in [2.24, 2.45) is 0 Å². The molecule has 0 aliphatic rings. The Balaban J connectivity index is 1.95. The second kappa shape index (κ2) is 6.09. The van der Waals surface area contributed by atoms with Crippen molar-refractivity contribution in [3.05, 3.63) is 102 Å². The van der Waals surface area contributed by atoms with Crippen molar-refractivity contribution in [3.8, 4) is 5.75 Å². The van der Waals surface area contributed by atoms with Gasteiger partial charge in [-0.05, 0) is 11.1 Å². The molecule has 3 nitrogen and oxygen atoms in total. The van der Waals surface area contributed by atoms with E-state index in [1.54, 1.807) is 12.1 Å². The van der Waals surface area contributed by atoms with Crippen LogP contribution in [0.25, 0.3) is 0 Å². The summed E-state index contributed by atoms with van der Waals surface area (Å²) in [6.45, 7) is 0. The summed E-state index contributed by atoms with van der Waals surface area (Å²) >= 11 is 0. The maximum atomic E-state index is 11.1. The van der Waals surface area contributed by atoms with Crippen LogP contribution >= 0.6 is 0 Å². The van der Waals surface area contributed by atoms with Gasteiger partial charge in [0.15, 0.2) is 12.4 Å². The first-order valence-corrected chi connectivity index (χ1v) is 6.78. The van der Waals surface area contributed by atoms with E-state index in [0.717, 1.165) is 15.9 Å². The van der Waals surface area contributed by atoms with Gasteiger partial charge in [0.2, 0.25) is 0 Å². The van der Waals surface area contributed by atoms with E-state index in [-0.39, 0.29) is 6.10 Å². The average molecular weight is 277 g/mol. The predicted molar refractivity (Wildman–Crippen MR) is 80.8 cm³/mol. The number of aromatic nitrogens is 1. The number of rotatable bonds is 4. The lowest BCUT2D eigenvalue weighted by Crippen LogP contribution is -2.23. The molecule has 0 saturated carbocycles. The molecule has 0 aliphatic heterocycles. The molecule has 0 spiro atoms. The van der Waals surface area contributed by atoms with Gasteiger partial charge in [0, 0.05) is 12.1 Å². The van der Waals surface area contributed by atoms with Crippen LogP contribution in [0.1, 0.15) is 17.2 Å². The van der Waals surface area contributed by atoms with Crippen LogP contribution in [-0.4, -0.2) is 0 Å². The molecule has 0 aliphatic carbocycles. The normalized spacial score (nSPS) is 10.5. The van der Waals surface area contributed by atoms with Crippen molar-refractivity contribution < 1.29 is 9.47 Å². The van der Waals surface area contributed by atoms with E-state index in [4.69, 9.17) is 4.74 Å². The molecular formula is C18H15NO2. The first kappa shape index (κ1) is 13.2. The molecule has 0 unspecified atom stereocenters. The quantitative estimate of drug-likeness (QED) is 0.540. The Morgan fingerprint density at radius 3 is 1.67 bits per heavy atom. The van der Waals surface area contributed by atoms with E-state index < -0.39 is 0 Å². The number of hydrogen-bond donors (Lipinski definition) is 0. The lowest BCUT2D eigenvalue weighted by atomic mass is 10.0. The van der Waals surface area contributed by atoms with Crippen molar-refractivity contribution in [2.75, 3.05) is 0 Å². The van der Waals surface area contributed by atoms with Gasteiger partial charge in [-0.3, -0.25) is 0 Å². The molecule has 0 N–H and O–H groups in total. The molecule has 0 fully saturated rings. The molecule has 3 rings (SSSR count). The van der Waals surface area contributed by atoms with Crippen molar-refractivity contribution in [1.29, 1.82) is 0 Å². The summed E-state index contributed by atoms with van der Waals surface area (Å²) < 4.78 is 6.83. The summed E-state index contributed by atoms with van der Waals surface area (Å²) in [4.78, 5) is 0. The Kier molecular flexibility index (Phi) is 3.83. The highest BCUT2D eigenvalue weighted by molar-refractivity contribution is 5.32. The molecule has 0 atom stereocenters. The molecule has 1 aromatic heterocycles. The third-order valence-electron chi connectivity index (χ3n) is 3.23. The fourth-order valence-electron chi connectivity index (χ4n) is 2.20. The van der Waals surface area contributed by atoms with Crippen molar-refractivity contribution in [3.63, 3.8) is 0 Å². The number of benzene rings is 2. The highest BCUT2D eigenvalue weighted by atomic mass is 16.5. The van der Waals surface area contributed by atoms with Crippen LogP contribution in [0.5, 0.6) is 5.75 Å². The molecular weight excluding hydrogens is 262 g/mol. The maximum absolute atomic E-state index is 11.1. The summed E-state index contributed by atoms with van der Waals surface area (Å²) in [5, 5.41) is 11.1. The molecule has 21 heavy (non-hydrogen) atoms. The van der Waals surface area contributed by atoms with Gasteiger partial charge in [0.05, 0.1) is 0 Å². The molecule has 1 heterocycles. The van der Waals surface area contributed by atoms with Gasteiger partial charge >= 0.3 is 0 Å². The van der Waals surface area contributed by atoms with Crippen LogP contribution in [0.4, 0.5) is 0 Å².